The molecule has 0 radical (unpaired) electrons. The monoisotopic (exact) mass is 258 g/mol. The molecule has 0 aliphatic heterocycles. The van der Waals surface area contributed by atoms with Crippen molar-refractivity contribution in [2.24, 2.45) is 7.05 Å². The molecular weight excluding hydrogens is 240 g/mol. The lowest BCUT2D eigenvalue weighted by molar-refractivity contribution is 0.0979. The fourth-order valence-electron chi connectivity index (χ4n) is 2.04. The molecule has 1 aromatic heterocycles. The normalized spacial score (nSPS) is 10.5. The van der Waals surface area contributed by atoms with Gasteiger partial charge in [-0.25, -0.2) is 4.98 Å². The smallest absolute Gasteiger partial charge is 0.167 e. The molecule has 1 heterocycles. The molecule has 0 atom stereocenters. The predicted octanol–water partition coefficient (Wildman–Crippen LogP) is 2.55. The van der Waals surface area contributed by atoms with Crippen molar-refractivity contribution in [2.45, 2.75) is 19.8 Å². The molecule has 0 saturated heterocycles. The molecule has 4 heteroatoms. The molecule has 0 bridgehead atoms. The van der Waals surface area contributed by atoms with Crippen LogP contribution in [0, 0.1) is 6.92 Å². The fourth-order valence-corrected chi connectivity index (χ4v) is 2.04. The van der Waals surface area contributed by atoms with Crippen LogP contribution in [0.2, 0.25) is 0 Å². The van der Waals surface area contributed by atoms with Crippen LogP contribution in [0.3, 0.4) is 0 Å². The molecule has 0 unspecified atom stereocenters. The zero-order valence-electron chi connectivity index (χ0n) is 11.5. The van der Waals surface area contributed by atoms with Gasteiger partial charge < -0.3 is 9.30 Å². The molecule has 0 N–H and O–H groups in total. The Bertz CT molecular complexity index is 588. The Balaban J connectivity index is 2.12. The number of carbonyl (C=O) groups is 1. The summed E-state index contributed by atoms with van der Waals surface area (Å²) in [5.41, 5.74) is 1.71. The van der Waals surface area contributed by atoms with E-state index >= 15 is 0 Å². The summed E-state index contributed by atoms with van der Waals surface area (Å²) >= 11 is 0. The van der Waals surface area contributed by atoms with Gasteiger partial charge in [-0.05, 0) is 19.1 Å². The highest BCUT2D eigenvalue weighted by Gasteiger charge is 2.13. The van der Waals surface area contributed by atoms with Crippen LogP contribution >= 0.6 is 0 Å². The van der Waals surface area contributed by atoms with Gasteiger partial charge in [0.2, 0.25) is 0 Å². The van der Waals surface area contributed by atoms with Crippen LogP contribution in [0.1, 0.15) is 28.2 Å². The van der Waals surface area contributed by atoms with Crippen LogP contribution in [0.25, 0.3) is 0 Å². The molecule has 2 rings (SSSR count). The molecule has 0 aliphatic rings. The fraction of sp³-hybridized carbons (Fsp3) is 0.333. The van der Waals surface area contributed by atoms with Gasteiger partial charge in [0.25, 0.3) is 0 Å². The minimum Gasteiger partial charge on any atom is -0.496 e. The highest BCUT2D eigenvalue weighted by molar-refractivity contribution is 5.98. The van der Waals surface area contributed by atoms with Gasteiger partial charge in [0, 0.05) is 32.3 Å². The first-order chi connectivity index (χ1) is 9.11. The van der Waals surface area contributed by atoms with Crippen LogP contribution in [-0.4, -0.2) is 22.4 Å². The van der Waals surface area contributed by atoms with E-state index < -0.39 is 0 Å². The van der Waals surface area contributed by atoms with Crippen LogP contribution in [-0.2, 0) is 13.5 Å². The number of ether oxygens (including phenoxy) is 1. The first-order valence-electron chi connectivity index (χ1n) is 6.26. The van der Waals surface area contributed by atoms with E-state index in [1.54, 1.807) is 13.3 Å². The Morgan fingerprint density at radius 2 is 2.21 bits per heavy atom. The second kappa shape index (κ2) is 5.69. The van der Waals surface area contributed by atoms with Gasteiger partial charge in [-0.3, -0.25) is 4.79 Å². The number of hydrogen-bond donors (Lipinski definition) is 0. The molecule has 0 aliphatic carbocycles. The van der Waals surface area contributed by atoms with Crippen molar-refractivity contribution in [2.75, 3.05) is 7.11 Å². The van der Waals surface area contributed by atoms with Crippen molar-refractivity contribution in [3.05, 3.63) is 47.5 Å². The molecule has 0 saturated carbocycles. The lowest BCUT2D eigenvalue weighted by Gasteiger charge is -2.08. The molecule has 0 spiro atoms. The average Bonchev–Trinajstić information content (AvgIpc) is 2.81. The Hall–Kier alpha value is -2.10. The zero-order chi connectivity index (χ0) is 13.8. The van der Waals surface area contributed by atoms with E-state index in [9.17, 15) is 4.79 Å². The summed E-state index contributed by atoms with van der Waals surface area (Å²) in [6.45, 7) is 1.97. The lowest BCUT2D eigenvalue weighted by Crippen LogP contribution is -2.06. The van der Waals surface area contributed by atoms with Gasteiger partial charge in [-0.15, -0.1) is 0 Å². The Kier molecular flexibility index (Phi) is 4.00. The van der Waals surface area contributed by atoms with Crippen molar-refractivity contribution >= 4 is 5.78 Å². The maximum absolute atomic E-state index is 12.3. The lowest BCUT2D eigenvalue weighted by atomic mass is 10.0. The van der Waals surface area contributed by atoms with E-state index in [1.807, 2.05) is 42.9 Å². The number of imidazole rings is 1. The largest absolute Gasteiger partial charge is 0.496 e. The van der Waals surface area contributed by atoms with Gasteiger partial charge in [-0.2, -0.15) is 0 Å². The summed E-state index contributed by atoms with van der Waals surface area (Å²) in [4.78, 5) is 16.5. The van der Waals surface area contributed by atoms with E-state index in [4.69, 9.17) is 4.74 Å². The SMILES string of the molecule is COc1ccc(C)cc1C(=O)CCc1nccn1C. The van der Waals surface area contributed by atoms with Gasteiger partial charge >= 0.3 is 0 Å². The van der Waals surface area contributed by atoms with E-state index in [0.29, 0.717) is 24.2 Å². The second-order valence-corrected chi connectivity index (χ2v) is 4.58. The average molecular weight is 258 g/mol. The summed E-state index contributed by atoms with van der Waals surface area (Å²) in [6, 6.07) is 5.65. The van der Waals surface area contributed by atoms with Crippen LogP contribution in [0.5, 0.6) is 5.75 Å². The van der Waals surface area contributed by atoms with Crippen molar-refractivity contribution in [3.8, 4) is 5.75 Å². The maximum Gasteiger partial charge on any atom is 0.167 e. The summed E-state index contributed by atoms with van der Waals surface area (Å²) in [5, 5.41) is 0. The second-order valence-electron chi connectivity index (χ2n) is 4.58. The van der Waals surface area contributed by atoms with E-state index in [0.717, 1.165) is 11.4 Å². The molecule has 1 aromatic carbocycles. The van der Waals surface area contributed by atoms with Crippen LogP contribution < -0.4 is 4.74 Å². The van der Waals surface area contributed by atoms with Crippen molar-refractivity contribution in [3.63, 3.8) is 0 Å². The third-order valence-electron chi connectivity index (χ3n) is 3.15. The van der Waals surface area contributed by atoms with Crippen molar-refractivity contribution in [1.29, 1.82) is 0 Å². The summed E-state index contributed by atoms with van der Waals surface area (Å²) in [6.07, 6.45) is 4.70. The molecule has 100 valence electrons. The molecule has 4 nitrogen and oxygen atoms in total. The number of aryl methyl sites for hydroxylation is 3. The Labute approximate surface area is 113 Å². The number of carbonyl (C=O) groups excluding carboxylic acids is 1. The third kappa shape index (κ3) is 3.02. The van der Waals surface area contributed by atoms with Gasteiger partial charge in [0.15, 0.2) is 5.78 Å². The minimum absolute atomic E-state index is 0.0866. The number of Topliss-reactive ketones (excluding diaryl/α,β-unsaturated/α-hetero) is 1. The number of hydrogen-bond acceptors (Lipinski definition) is 3. The van der Waals surface area contributed by atoms with Gasteiger partial charge in [0.05, 0.1) is 12.7 Å². The number of methoxy groups -OCH3 is 1. The van der Waals surface area contributed by atoms with Crippen LogP contribution in [0.15, 0.2) is 30.6 Å². The van der Waals surface area contributed by atoms with Crippen LogP contribution in [0.4, 0.5) is 0 Å². The molecule has 0 amide bonds. The van der Waals surface area contributed by atoms with E-state index in [1.165, 1.54) is 0 Å². The number of ketones is 1. The molecule has 2 aromatic rings. The molecule has 19 heavy (non-hydrogen) atoms. The maximum atomic E-state index is 12.3. The van der Waals surface area contributed by atoms with Crippen molar-refractivity contribution in [1.82, 2.24) is 9.55 Å². The van der Waals surface area contributed by atoms with Crippen molar-refractivity contribution < 1.29 is 9.53 Å². The Morgan fingerprint density at radius 3 is 2.84 bits per heavy atom. The standard InChI is InChI=1S/C15H18N2O2/c1-11-4-6-14(19-3)12(10-11)13(18)5-7-15-16-8-9-17(15)2/h4,6,8-10H,5,7H2,1-3H3. The molecule has 0 fully saturated rings. The summed E-state index contributed by atoms with van der Waals surface area (Å²) in [5.74, 6) is 1.64. The number of rotatable bonds is 5. The van der Waals surface area contributed by atoms with Gasteiger partial charge in [0.1, 0.15) is 11.6 Å². The highest BCUT2D eigenvalue weighted by Crippen LogP contribution is 2.21. The first kappa shape index (κ1) is 13.3. The van der Waals surface area contributed by atoms with E-state index in [2.05, 4.69) is 4.98 Å². The molecular formula is C15H18N2O2. The van der Waals surface area contributed by atoms with E-state index in [-0.39, 0.29) is 5.78 Å². The number of benzene rings is 1. The highest BCUT2D eigenvalue weighted by atomic mass is 16.5. The van der Waals surface area contributed by atoms with Gasteiger partial charge in [-0.1, -0.05) is 11.6 Å². The third-order valence-corrected chi connectivity index (χ3v) is 3.15. The summed E-state index contributed by atoms with van der Waals surface area (Å²) in [7, 11) is 3.51. The Morgan fingerprint density at radius 1 is 1.42 bits per heavy atom. The summed E-state index contributed by atoms with van der Waals surface area (Å²) < 4.78 is 7.17. The topological polar surface area (TPSA) is 44.1 Å². The number of nitrogens with zero attached hydrogens (tertiary/aromatic N) is 2. The number of aromatic nitrogens is 2. The minimum atomic E-state index is 0.0866. The predicted molar refractivity (Wildman–Crippen MR) is 73.6 cm³/mol. The quantitative estimate of drug-likeness (QED) is 0.774. The first-order valence-corrected chi connectivity index (χ1v) is 6.26. The zero-order valence-corrected chi connectivity index (χ0v) is 11.5.